The molecule has 0 bridgehead atoms. The van der Waals surface area contributed by atoms with E-state index in [1.54, 1.807) is 11.8 Å². The maximum absolute atomic E-state index is 5.55. The Balaban J connectivity index is 1.72. The van der Waals surface area contributed by atoms with Gasteiger partial charge >= 0.3 is 0 Å². The molecule has 20 heavy (non-hydrogen) atoms. The Morgan fingerprint density at radius 3 is 2.90 bits per heavy atom. The number of nitrogens with one attached hydrogen (secondary N) is 1. The van der Waals surface area contributed by atoms with Gasteiger partial charge in [0.05, 0.1) is 17.6 Å². The SMILES string of the molecule is NCCSc1ccc2[nH]c(CN3CCCCC3)nc2c1. The normalized spacial score (nSPS) is 16.9. The number of aromatic amines is 1. The molecule has 4 nitrogen and oxygen atoms in total. The fraction of sp³-hybridized carbons (Fsp3) is 0.533. The van der Waals surface area contributed by atoms with E-state index in [4.69, 9.17) is 10.7 Å². The van der Waals surface area contributed by atoms with Crippen LogP contribution in [-0.2, 0) is 6.54 Å². The summed E-state index contributed by atoms with van der Waals surface area (Å²) >= 11 is 1.79. The van der Waals surface area contributed by atoms with Gasteiger partial charge in [-0.2, -0.15) is 0 Å². The topological polar surface area (TPSA) is 57.9 Å². The van der Waals surface area contributed by atoms with E-state index < -0.39 is 0 Å². The Morgan fingerprint density at radius 2 is 2.10 bits per heavy atom. The molecule has 3 N–H and O–H groups in total. The summed E-state index contributed by atoms with van der Waals surface area (Å²) in [5.41, 5.74) is 7.75. The molecule has 0 radical (unpaired) electrons. The summed E-state index contributed by atoms with van der Waals surface area (Å²) in [5, 5.41) is 0. The molecule has 0 aliphatic carbocycles. The number of benzene rings is 1. The molecule has 2 aromatic rings. The minimum absolute atomic E-state index is 0.712. The summed E-state index contributed by atoms with van der Waals surface area (Å²) in [4.78, 5) is 11.9. The van der Waals surface area contributed by atoms with Crippen molar-refractivity contribution in [2.75, 3.05) is 25.4 Å². The lowest BCUT2D eigenvalue weighted by atomic mass is 10.1. The molecule has 0 saturated carbocycles. The smallest absolute Gasteiger partial charge is 0.121 e. The lowest BCUT2D eigenvalue weighted by Crippen LogP contribution is -2.29. The van der Waals surface area contributed by atoms with E-state index in [2.05, 4.69) is 28.1 Å². The summed E-state index contributed by atoms with van der Waals surface area (Å²) < 4.78 is 0. The van der Waals surface area contributed by atoms with Gasteiger partial charge in [-0.15, -0.1) is 11.8 Å². The minimum atomic E-state index is 0.712. The molecule has 1 aliphatic rings. The zero-order valence-corrected chi connectivity index (χ0v) is 12.6. The van der Waals surface area contributed by atoms with Crippen molar-refractivity contribution >= 4 is 22.8 Å². The molecule has 0 unspecified atom stereocenters. The van der Waals surface area contributed by atoms with E-state index in [1.807, 2.05) is 0 Å². The van der Waals surface area contributed by atoms with Crippen molar-refractivity contribution in [3.8, 4) is 0 Å². The average Bonchev–Trinajstić information content (AvgIpc) is 2.87. The highest BCUT2D eigenvalue weighted by atomic mass is 32.2. The number of nitrogens with zero attached hydrogens (tertiary/aromatic N) is 2. The number of H-pyrrole nitrogens is 1. The van der Waals surface area contributed by atoms with Crippen LogP contribution in [-0.4, -0.2) is 40.3 Å². The third kappa shape index (κ3) is 3.34. The number of rotatable bonds is 5. The third-order valence-corrected chi connectivity index (χ3v) is 4.74. The fourth-order valence-electron chi connectivity index (χ4n) is 2.71. The lowest BCUT2D eigenvalue weighted by Gasteiger charge is -2.25. The van der Waals surface area contributed by atoms with Crippen LogP contribution >= 0.6 is 11.8 Å². The molecule has 0 atom stereocenters. The number of imidazole rings is 1. The number of piperidine rings is 1. The molecule has 1 aromatic carbocycles. The van der Waals surface area contributed by atoms with Crippen LogP contribution in [0.1, 0.15) is 25.1 Å². The van der Waals surface area contributed by atoms with Crippen molar-refractivity contribution in [3.05, 3.63) is 24.0 Å². The van der Waals surface area contributed by atoms with E-state index in [-0.39, 0.29) is 0 Å². The van der Waals surface area contributed by atoms with Crippen molar-refractivity contribution in [2.24, 2.45) is 5.73 Å². The van der Waals surface area contributed by atoms with Gasteiger partial charge in [-0.3, -0.25) is 4.90 Å². The van der Waals surface area contributed by atoms with Crippen LogP contribution in [0.4, 0.5) is 0 Å². The quantitative estimate of drug-likeness (QED) is 0.831. The van der Waals surface area contributed by atoms with Gasteiger partial charge in [-0.25, -0.2) is 4.98 Å². The Labute approximate surface area is 124 Å². The summed E-state index contributed by atoms with van der Waals surface area (Å²) in [7, 11) is 0. The number of hydrogen-bond donors (Lipinski definition) is 2. The lowest BCUT2D eigenvalue weighted by molar-refractivity contribution is 0.216. The maximum atomic E-state index is 5.55. The Morgan fingerprint density at radius 1 is 1.25 bits per heavy atom. The Hall–Kier alpha value is -1.04. The van der Waals surface area contributed by atoms with E-state index >= 15 is 0 Å². The Bertz CT molecular complexity index is 560. The first-order chi connectivity index (χ1) is 9.85. The molecule has 0 spiro atoms. The van der Waals surface area contributed by atoms with Gasteiger partial charge in [0.1, 0.15) is 5.82 Å². The molecule has 0 amide bonds. The molecule has 1 aromatic heterocycles. The van der Waals surface area contributed by atoms with Gasteiger partial charge < -0.3 is 10.7 Å². The number of likely N-dealkylation sites (tertiary alicyclic amines) is 1. The minimum Gasteiger partial charge on any atom is -0.341 e. The fourth-order valence-corrected chi connectivity index (χ4v) is 3.42. The van der Waals surface area contributed by atoms with Gasteiger partial charge in [0.2, 0.25) is 0 Å². The van der Waals surface area contributed by atoms with Crippen molar-refractivity contribution in [1.82, 2.24) is 14.9 Å². The number of thioether (sulfide) groups is 1. The van der Waals surface area contributed by atoms with Crippen LogP contribution in [0.5, 0.6) is 0 Å². The van der Waals surface area contributed by atoms with Crippen molar-refractivity contribution in [1.29, 1.82) is 0 Å². The second-order valence-corrected chi connectivity index (χ2v) is 6.50. The molecular formula is C15H22N4S. The van der Waals surface area contributed by atoms with Crippen molar-refractivity contribution in [3.63, 3.8) is 0 Å². The van der Waals surface area contributed by atoms with E-state index in [9.17, 15) is 0 Å². The second-order valence-electron chi connectivity index (χ2n) is 5.34. The highest BCUT2D eigenvalue weighted by Gasteiger charge is 2.12. The predicted molar refractivity (Wildman–Crippen MR) is 85.0 cm³/mol. The molecule has 5 heteroatoms. The number of fused-ring (bicyclic) bond motifs is 1. The van der Waals surface area contributed by atoms with Crippen molar-refractivity contribution < 1.29 is 0 Å². The molecule has 1 saturated heterocycles. The van der Waals surface area contributed by atoms with Crippen LogP contribution in [0.15, 0.2) is 23.1 Å². The number of nitrogens with two attached hydrogens (primary N) is 1. The molecule has 1 aliphatic heterocycles. The molecule has 3 rings (SSSR count). The highest BCUT2D eigenvalue weighted by molar-refractivity contribution is 7.99. The number of hydrogen-bond acceptors (Lipinski definition) is 4. The molecule has 2 heterocycles. The predicted octanol–water partition coefficient (Wildman–Crippen LogP) is 2.60. The van der Waals surface area contributed by atoms with Gasteiger partial charge in [-0.1, -0.05) is 6.42 Å². The third-order valence-electron chi connectivity index (χ3n) is 3.71. The van der Waals surface area contributed by atoms with Crippen LogP contribution in [0.2, 0.25) is 0 Å². The van der Waals surface area contributed by atoms with E-state index in [0.717, 1.165) is 29.2 Å². The zero-order chi connectivity index (χ0) is 13.8. The van der Waals surface area contributed by atoms with Crippen molar-refractivity contribution in [2.45, 2.75) is 30.7 Å². The molecule has 1 fully saturated rings. The first-order valence-electron chi connectivity index (χ1n) is 7.39. The highest BCUT2D eigenvalue weighted by Crippen LogP contribution is 2.22. The number of aromatic nitrogens is 2. The van der Waals surface area contributed by atoms with Crippen LogP contribution in [0.3, 0.4) is 0 Å². The van der Waals surface area contributed by atoms with Gasteiger partial charge in [-0.05, 0) is 44.1 Å². The molecular weight excluding hydrogens is 268 g/mol. The average molecular weight is 290 g/mol. The maximum Gasteiger partial charge on any atom is 0.121 e. The van der Waals surface area contributed by atoms with Crippen LogP contribution in [0, 0.1) is 0 Å². The summed E-state index contributed by atoms with van der Waals surface area (Å²) in [6.45, 7) is 4.06. The second kappa shape index (κ2) is 6.61. The first kappa shape index (κ1) is 13.9. The monoisotopic (exact) mass is 290 g/mol. The van der Waals surface area contributed by atoms with Crippen LogP contribution < -0.4 is 5.73 Å². The van der Waals surface area contributed by atoms with Gasteiger partial charge in [0.25, 0.3) is 0 Å². The van der Waals surface area contributed by atoms with E-state index in [1.165, 1.54) is 37.2 Å². The standard InChI is InChI=1S/C15H22N4S/c16-6-9-20-12-4-5-13-14(10-12)18-15(17-13)11-19-7-2-1-3-8-19/h4-5,10H,1-3,6-9,11,16H2,(H,17,18). The summed E-state index contributed by atoms with van der Waals surface area (Å²) in [6, 6.07) is 6.43. The summed E-state index contributed by atoms with van der Waals surface area (Å²) in [6.07, 6.45) is 4.01. The largest absolute Gasteiger partial charge is 0.341 e. The molecule has 108 valence electrons. The Kier molecular flexibility index (Phi) is 4.60. The van der Waals surface area contributed by atoms with E-state index in [0.29, 0.717) is 6.54 Å². The van der Waals surface area contributed by atoms with Gasteiger partial charge in [0.15, 0.2) is 0 Å². The van der Waals surface area contributed by atoms with Crippen LogP contribution in [0.25, 0.3) is 11.0 Å². The first-order valence-corrected chi connectivity index (χ1v) is 8.37. The van der Waals surface area contributed by atoms with Gasteiger partial charge in [0, 0.05) is 17.2 Å². The zero-order valence-electron chi connectivity index (χ0n) is 11.8. The summed E-state index contributed by atoms with van der Waals surface area (Å²) in [5.74, 6) is 2.04.